The van der Waals surface area contributed by atoms with Gasteiger partial charge in [0.2, 0.25) is 0 Å². The Morgan fingerprint density at radius 2 is 1.68 bits per heavy atom. The average molecular weight is 373 g/mol. The molecule has 0 aliphatic heterocycles. The SMILES string of the molecule is C/C=C\NC(=NCC1=CCCC=C1)c1cc(C)cc(C)c1.Cc1ccccc1. The van der Waals surface area contributed by atoms with Gasteiger partial charge in [-0.1, -0.05) is 77.4 Å². The van der Waals surface area contributed by atoms with Crippen molar-refractivity contribution in [3.63, 3.8) is 0 Å². The first-order chi connectivity index (χ1) is 13.6. The normalized spacial score (nSPS) is 13.7. The van der Waals surface area contributed by atoms with E-state index in [0.29, 0.717) is 0 Å². The third-order valence-electron chi connectivity index (χ3n) is 4.31. The van der Waals surface area contributed by atoms with Crippen LogP contribution in [0.1, 0.15) is 42.0 Å². The van der Waals surface area contributed by atoms with E-state index in [1.54, 1.807) is 0 Å². The molecule has 0 radical (unpaired) electrons. The van der Waals surface area contributed by atoms with Gasteiger partial charge in [0.25, 0.3) is 0 Å². The lowest BCUT2D eigenvalue weighted by molar-refractivity contribution is 0.992. The van der Waals surface area contributed by atoms with E-state index in [0.717, 1.165) is 30.8 Å². The van der Waals surface area contributed by atoms with Crippen molar-refractivity contribution in [2.45, 2.75) is 40.5 Å². The van der Waals surface area contributed by atoms with Crippen molar-refractivity contribution < 1.29 is 0 Å². The number of hydrogen-bond donors (Lipinski definition) is 1. The molecule has 2 aromatic rings. The van der Waals surface area contributed by atoms with Crippen LogP contribution in [-0.4, -0.2) is 12.4 Å². The van der Waals surface area contributed by atoms with Crippen LogP contribution < -0.4 is 5.32 Å². The third-order valence-corrected chi connectivity index (χ3v) is 4.31. The number of allylic oxidation sites excluding steroid dienone is 3. The number of nitrogens with one attached hydrogen (secondary N) is 1. The van der Waals surface area contributed by atoms with Crippen LogP contribution in [-0.2, 0) is 0 Å². The minimum Gasteiger partial charge on any atom is -0.347 e. The first kappa shape index (κ1) is 21.4. The maximum Gasteiger partial charge on any atom is 0.132 e. The number of aliphatic imine (C=N–C) groups is 1. The van der Waals surface area contributed by atoms with Crippen molar-refractivity contribution in [2.75, 3.05) is 6.54 Å². The van der Waals surface area contributed by atoms with Gasteiger partial charge in [-0.3, -0.25) is 4.99 Å². The number of benzene rings is 2. The Hall–Kier alpha value is -2.87. The Morgan fingerprint density at radius 1 is 0.964 bits per heavy atom. The fourth-order valence-corrected chi connectivity index (χ4v) is 2.98. The molecule has 0 heterocycles. The zero-order valence-corrected chi connectivity index (χ0v) is 17.6. The maximum absolute atomic E-state index is 4.77. The van der Waals surface area contributed by atoms with E-state index in [1.807, 2.05) is 37.4 Å². The van der Waals surface area contributed by atoms with Gasteiger partial charge in [0.15, 0.2) is 0 Å². The van der Waals surface area contributed by atoms with Gasteiger partial charge in [-0.25, -0.2) is 0 Å². The summed E-state index contributed by atoms with van der Waals surface area (Å²) in [6, 6.07) is 16.8. The maximum atomic E-state index is 4.77. The van der Waals surface area contributed by atoms with Crippen LogP contribution in [0.25, 0.3) is 0 Å². The highest BCUT2D eigenvalue weighted by Crippen LogP contribution is 2.12. The molecule has 3 rings (SSSR count). The van der Waals surface area contributed by atoms with E-state index in [4.69, 9.17) is 4.99 Å². The van der Waals surface area contributed by atoms with Crippen LogP contribution in [0, 0.1) is 20.8 Å². The first-order valence-electron chi connectivity index (χ1n) is 9.96. The molecule has 0 saturated carbocycles. The summed E-state index contributed by atoms with van der Waals surface area (Å²) in [6.45, 7) is 9.05. The van der Waals surface area contributed by atoms with E-state index >= 15 is 0 Å². The standard InChI is InChI=1S/C19H24N2.C7H8/c1-4-10-20-19(18-12-15(2)11-16(3)13-18)21-14-17-8-6-5-7-9-17;1-7-5-3-2-4-6-7/h4,6,8-13H,5,7,14H2,1-3H3,(H,20,21);2-6H,1H3/b10-4-;. The van der Waals surface area contributed by atoms with Gasteiger partial charge in [0.05, 0.1) is 6.54 Å². The summed E-state index contributed by atoms with van der Waals surface area (Å²) in [5.74, 6) is 0.930. The lowest BCUT2D eigenvalue weighted by Gasteiger charge is -2.10. The van der Waals surface area contributed by atoms with E-state index in [-0.39, 0.29) is 0 Å². The highest BCUT2D eigenvalue weighted by atomic mass is 15.0. The van der Waals surface area contributed by atoms with Gasteiger partial charge >= 0.3 is 0 Å². The highest BCUT2D eigenvalue weighted by molar-refractivity contribution is 5.99. The van der Waals surface area contributed by atoms with Crippen LogP contribution in [0.3, 0.4) is 0 Å². The molecule has 28 heavy (non-hydrogen) atoms. The van der Waals surface area contributed by atoms with E-state index in [1.165, 1.54) is 22.3 Å². The van der Waals surface area contributed by atoms with Gasteiger partial charge in [-0.05, 0) is 64.4 Å². The van der Waals surface area contributed by atoms with E-state index in [2.05, 4.69) is 74.6 Å². The smallest absolute Gasteiger partial charge is 0.132 e. The van der Waals surface area contributed by atoms with Crippen LogP contribution in [0.4, 0.5) is 0 Å². The largest absolute Gasteiger partial charge is 0.347 e. The Labute approximate surface area is 170 Å². The summed E-state index contributed by atoms with van der Waals surface area (Å²) in [5, 5.41) is 3.30. The third kappa shape index (κ3) is 7.79. The summed E-state index contributed by atoms with van der Waals surface area (Å²) in [5.41, 5.74) is 6.28. The van der Waals surface area contributed by atoms with Crippen molar-refractivity contribution in [3.05, 3.63) is 107 Å². The zero-order chi connectivity index (χ0) is 20.2. The van der Waals surface area contributed by atoms with Gasteiger partial charge in [0, 0.05) is 5.56 Å². The fourth-order valence-electron chi connectivity index (χ4n) is 2.98. The molecular weight excluding hydrogens is 340 g/mol. The summed E-state index contributed by atoms with van der Waals surface area (Å²) in [4.78, 5) is 4.77. The molecule has 0 aromatic heterocycles. The van der Waals surface area contributed by atoms with Crippen LogP contribution in [0.5, 0.6) is 0 Å². The topological polar surface area (TPSA) is 24.4 Å². The Bertz CT molecular complexity index is 835. The molecule has 2 nitrogen and oxygen atoms in total. The summed E-state index contributed by atoms with van der Waals surface area (Å²) in [6.07, 6.45) is 12.9. The van der Waals surface area contributed by atoms with Gasteiger partial charge in [0.1, 0.15) is 5.84 Å². The molecule has 1 aliphatic carbocycles. The first-order valence-corrected chi connectivity index (χ1v) is 9.96. The van der Waals surface area contributed by atoms with Crippen LogP contribution in [0.15, 0.2) is 89.6 Å². The molecule has 1 N–H and O–H groups in total. The van der Waals surface area contributed by atoms with Gasteiger partial charge in [-0.15, -0.1) is 0 Å². The molecular formula is C26H32N2. The summed E-state index contributed by atoms with van der Waals surface area (Å²) < 4.78 is 0. The molecule has 0 amide bonds. The molecule has 146 valence electrons. The quantitative estimate of drug-likeness (QED) is 0.484. The Balaban J connectivity index is 0.000000336. The minimum atomic E-state index is 0.726. The predicted octanol–water partition coefficient (Wildman–Crippen LogP) is 6.44. The summed E-state index contributed by atoms with van der Waals surface area (Å²) >= 11 is 0. The number of nitrogens with zero attached hydrogens (tertiary/aromatic N) is 1. The van der Waals surface area contributed by atoms with Crippen molar-refractivity contribution in [1.82, 2.24) is 5.32 Å². The van der Waals surface area contributed by atoms with Gasteiger partial charge in [-0.2, -0.15) is 0 Å². The zero-order valence-electron chi connectivity index (χ0n) is 17.6. The van der Waals surface area contributed by atoms with Crippen LogP contribution in [0.2, 0.25) is 0 Å². The van der Waals surface area contributed by atoms with Crippen molar-refractivity contribution in [2.24, 2.45) is 4.99 Å². The van der Waals surface area contributed by atoms with Crippen LogP contribution >= 0.6 is 0 Å². The number of aryl methyl sites for hydroxylation is 3. The molecule has 2 heteroatoms. The summed E-state index contributed by atoms with van der Waals surface area (Å²) in [7, 11) is 0. The molecule has 0 atom stereocenters. The molecule has 0 bridgehead atoms. The van der Waals surface area contributed by atoms with Crippen molar-refractivity contribution >= 4 is 5.84 Å². The highest BCUT2D eigenvalue weighted by Gasteiger charge is 2.04. The molecule has 2 aromatic carbocycles. The second-order valence-electron chi connectivity index (χ2n) is 7.10. The second kappa shape index (κ2) is 11.8. The lowest BCUT2D eigenvalue weighted by Crippen LogP contribution is -2.19. The fraction of sp³-hybridized carbons (Fsp3) is 0.269. The van der Waals surface area contributed by atoms with E-state index in [9.17, 15) is 0 Å². The number of amidine groups is 1. The Kier molecular flexibility index (Phi) is 9.00. The molecule has 0 saturated heterocycles. The van der Waals surface area contributed by atoms with Crippen molar-refractivity contribution in [1.29, 1.82) is 0 Å². The molecule has 1 aliphatic rings. The average Bonchev–Trinajstić information content (AvgIpc) is 2.69. The van der Waals surface area contributed by atoms with Gasteiger partial charge < -0.3 is 5.32 Å². The monoisotopic (exact) mass is 372 g/mol. The predicted molar refractivity (Wildman–Crippen MR) is 123 cm³/mol. The molecule has 0 spiro atoms. The van der Waals surface area contributed by atoms with E-state index < -0.39 is 0 Å². The Morgan fingerprint density at radius 3 is 2.21 bits per heavy atom. The number of rotatable bonds is 4. The molecule has 0 unspecified atom stereocenters. The second-order valence-corrected chi connectivity index (χ2v) is 7.10. The molecule has 0 fully saturated rings. The lowest BCUT2D eigenvalue weighted by atomic mass is 10.1. The van der Waals surface area contributed by atoms with Crippen molar-refractivity contribution in [3.8, 4) is 0 Å². The number of hydrogen-bond acceptors (Lipinski definition) is 1. The minimum absolute atomic E-state index is 0.726.